The van der Waals surface area contributed by atoms with Crippen LogP contribution >= 0.6 is 0 Å². The number of hydrogen-bond acceptors (Lipinski definition) is 6. The average Bonchev–Trinajstić information content (AvgIpc) is 2.80. The number of carbonyl (C=O) groups excluding carboxylic acids is 2. The summed E-state index contributed by atoms with van der Waals surface area (Å²) in [5, 5.41) is 10.4. The van der Waals surface area contributed by atoms with Crippen molar-refractivity contribution in [2.24, 2.45) is 0 Å². The van der Waals surface area contributed by atoms with Gasteiger partial charge in [0.15, 0.2) is 0 Å². The molecule has 3 aromatic rings. The fourth-order valence-electron chi connectivity index (χ4n) is 2.73. The van der Waals surface area contributed by atoms with E-state index in [1.54, 1.807) is 62.4 Å². The van der Waals surface area contributed by atoms with E-state index in [0.29, 0.717) is 34.0 Å². The summed E-state index contributed by atoms with van der Waals surface area (Å²) in [4.78, 5) is 23.2. The summed E-state index contributed by atoms with van der Waals surface area (Å²) in [6, 6.07) is 20.7. The zero-order valence-corrected chi connectivity index (χ0v) is 18.4. The molecule has 0 heterocycles. The van der Waals surface area contributed by atoms with Crippen LogP contribution in [-0.2, 0) is 9.59 Å². The molecule has 33 heavy (non-hydrogen) atoms. The highest BCUT2D eigenvalue weighted by atomic mass is 16.6. The normalized spacial score (nSPS) is 11.2. The van der Waals surface area contributed by atoms with E-state index in [4.69, 9.17) is 14.2 Å². The van der Waals surface area contributed by atoms with Gasteiger partial charge in [0.2, 0.25) is 6.29 Å². The second-order valence-electron chi connectivity index (χ2n) is 7.43. The summed E-state index contributed by atoms with van der Waals surface area (Å²) in [6.07, 6.45) is -1.17. The third-order valence-corrected chi connectivity index (χ3v) is 4.57. The molecule has 3 rings (SSSR count). The van der Waals surface area contributed by atoms with Crippen LogP contribution in [-0.4, -0.2) is 17.0 Å². The van der Waals surface area contributed by atoms with Gasteiger partial charge in [0.05, 0.1) is 0 Å². The molecule has 0 aromatic heterocycles. The van der Waals surface area contributed by atoms with Crippen LogP contribution in [0.25, 0.3) is 11.1 Å². The molecule has 0 radical (unpaired) electrons. The van der Waals surface area contributed by atoms with Crippen molar-refractivity contribution < 1.29 is 28.9 Å². The minimum Gasteiger partial charge on any atom is -0.461 e. The number of aliphatic hydroxyl groups is 1. The molecule has 3 aromatic carbocycles. The van der Waals surface area contributed by atoms with Crippen molar-refractivity contribution in [3.63, 3.8) is 0 Å². The minimum atomic E-state index is -1.17. The number of benzene rings is 3. The quantitative estimate of drug-likeness (QED) is 0.217. The van der Waals surface area contributed by atoms with Crippen molar-refractivity contribution >= 4 is 11.9 Å². The highest BCUT2D eigenvalue weighted by Gasteiger charge is 2.11. The lowest BCUT2D eigenvalue weighted by molar-refractivity contribution is -0.130. The zero-order valence-electron chi connectivity index (χ0n) is 18.4. The molecule has 0 fully saturated rings. The van der Waals surface area contributed by atoms with Gasteiger partial charge in [-0.05, 0) is 61.4 Å². The van der Waals surface area contributed by atoms with Crippen molar-refractivity contribution in [2.45, 2.75) is 20.1 Å². The first kappa shape index (κ1) is 23.5. The lowest BCUT2D eigenvalue weighted by Gasteiger charge is -2.15. The lowest BCUT2D eigenvalue weighted by atomic mass is 10.0. The van der Waals surface area contributed by atoms with Crippen LogP contribution in [0.2, 0.25) is 0 Å². The summed E-state index contributed by atoms with van der Waals surface area (Å²) >= 11 is 0. The van der Waals surface area contributed by atoms with E-state index < -0.39 is 18.2 Å². The molecule has 0 saturated heterocycles. The molecule has 1 N–H and O–H groups in total. The fourth-order valence-corrected chi connectivity index (χ4v) is 2.73. The highest BCUT2D eigenvalue weighted by Crippen LogP contribution is 2.27. The maximum absolute atomic E-state index is 11.6. The standard InChI is InChI=1S/C27H24O6/c1-17(2)25(28)31-22-11-9-20(10-12-22)19-5-7-21(8-6-19)27(30)33-24-15-13-23(14-16-24)32-26(29)18(3)4/h5-16,27,30H,1,3H2,2,4H3. The number of aliphatic hydroxyl groups excluding tert-OH is 1. The van der Waals surface area contributed by atoms with Crippen LogP contribution in [0.5, 0.6) is 17.2 Å². The first-order valence-electron chi connectivity index (χ1n) is 10.1. The van der Waals surface area contributed by atoms with Gasteiger partial charge in [0.25, 0.3) is 0 Å². The number of carbonyl (C=O) groups is 2. The van der Waals surface area contributed by atoms with Gasteiger partial charge < -0.3 is 19.3 Å². The molecule has 0 aliphatic rings. The third-order valence-electron chi connectivity index (χ3n) is 4.57. The molecule has 1 atom stereocenters. The van der Waals surface area contributed by atoms with Gasteiger partial charge in [-0.15, -0.1) is 0 Å². The van der Waals surface area contributed by atoms with Crippen molar-refractivity contribution in [1.29, 1.82) is 0 Å². The number of esters is 2. The predicted octanol–water partition coefficient (Wildman–Crippen LogP) is 5.39. The third kappa shape index (κ3) is 6.41. The molecule has 0 bridgehead atoms. The molecule has 6 heteroatoms. The van der Waals surface area contributed by atoms with E-state index in [-0.39, 0.29) is 0 Å². The largest absolute Gasteiger partial charge is 0.461 e. The van der Waals surface area contributed by atoms with Crippen LogP contribution < -0.4 is 14.2 Å². The van der Waals surface area contributed by atoms with Gasteiger partial charge in [0, 0.05) is 16.7 Å². The topological polar surface area (TPSA) is 82.1 Å². The second-order valence-corrected chi connectivity index (χ2v) is 7.43. The van der Waals surface area contributed by atoms with Crippen molar-refractivity contribution in [1.82, 2.24) is 0 Å². The van der Waals surface area contributed by atoms with Gasteiger partial charge in [-0.3, -0.25) is 0 Å². The van der Waals surface area contributed by atoms with E-state index in [2.05, 4.69) is 13.2 Å². The predicted molar refractivity (Wildman–Crippen MR) is 125 cm³/mol. The minimum absolute atomic E-state index is 0.302. The van der Waals surface area contributed by atoms with Gasteiger partial charge >= 0.3 is 11.9 Å². The Balaban J connectivity index is 1.61. The molecule has 0 amide bonds. The molecule has 1 unspecified atom stereocenters. The highest BCUT2D eigenvalue weighted by molar-refractivity contribution is 5.89. The van der Waals surface area contributed by atoms with E-state index in [1.807, 2.05) is 24.3 Å². The Kier molecular flexibility index (Phi) is 7.43. The molecular formula is C27H24O6. The van der Waals surface area contributed by atoms with E-state index in [0.717, 1.165) is 11.1 Å². The van der Waals surface area contributed by atoms with Crippen molar-refractivity contribution in [3.8, 4) is 28.4 Å². The number of rotatable bonds is 8. The fraction of sp³-hybridized carbons (Fsp3) is 0.111. The number of ether oxygens (including phenoxy) is 3. The zero-order chi connectivity index (χ0) is 24.0. The van der Waals surface area contributed by atoms with Crippen LogP contribution in [0.3, 0.4) is 0 Å². The van der Waals surface area contributed by atoms with E-state index >= 15 is 0 Å². The van der Waals surface area contributed by atoms with Gasteiger partial charge in [0.1, 0.15) is 17.2 Å². The maximum Gasteiger partial charge on any atom is 0.338 e. The molecular weight excluding hydrogens is 420 g/mol. The Bertz CT molecular complexity index is 1160. The van der Waals surface area contributed by atoms with Crippen LogP contribution in [0.15, 0.2) is 97.1 Å². The Hall–Kier alpha value is -4.16. The first-order valence-corrected chi connectivity index (χ1v) is 10.1. The maximum atomic E-state index is 11.6. The smallest absolute Gasteiger partial charge is 0.338 e. The molecule has 168 valence electrons. The van der Waals surface area contributed by atoms with E-state index in [9.17, 15) is 14.7 Å². The average molecular weight is 444 g/mol. The summed E-state index contributed by atoms with van der Waals surface area (Å²) in [7, 11) is 0. The van der Waals surface area contributed by atoms with Crippen molar-refractivity contribution in [2.75, 3.05) is 0 Å². The summed E-state index contributed by atoms with van der Waals surface area (Å²) in [5.41, 5.74) is 3.05. The molecule has 0 aliphatic carbocycles. The second kappa shape index (κ2) is 10.4. The summed E-state index contributed by atoms with van der Waals surface area (Å²) in [6.45, 7) is 10.3. The Morgan fingerprint density at radius 3 is 1.45 bits per heavy atom. The van der Waals surface area contributed by atoms with Crippen LogP contribution in [0, 0.1) is 0 Å². The van der Waals surface area contributed by atoms with Gasteiger partial charge in [-0.1, -0.05) is 49.6 Å². The van der Waals surface area contributed by atoms with Crippen molar-refractivity contribution in [3.05, 3.63) is 103 Å². The summed E-state index contributed by atoms with van der Waals surface area (Å²) in [5.74, 6) is 0.235. The van der Waals surface area contributed by atoms with Gasteiger partial charge in [-0.25, -0.2) is 9.59 Å². The molecule has 0 aliphatic heterocycles. The monoisotopic (exact) mass is 444 g/mol. The van der Waals surface area contributed by atoms with E-state index in [1.165, 1.54) is 0 Å². The first-order chi connectivity index (χ1) is 15.7. The Morgan fingerprint density at radius 1 is 0.667 bits per heavy atom. The molecule has 6 nitrogen and oxygen atoms in total. The van der Waals surface area contributed by atoms with Crippen LogP contribution in [0.1, 0.15) is 25.7 Å². The molecule has 0 spiro atoms. The Morgan fingerprint density at radius 2 is 1.03 bits per heavy atom. The van der Waals surface area contributed by atoms with Crippen LogP contribution in [0.4, 0.5) is 0 Å². The number of hydrogen-bond donors (Lipinski definition) is 1. The van der Waals surface area contributed by atoms with Gasteiger partial charge in [-0.2, -0.15) is 0 Å². The Labute approximate surface area is 192 Å². The lowest BCUT2D eigenvalue weighted by Crippen LogP contribution is -2.08. The SMILES string of the molecule is C=C(C)C(=O)Oc1ccc(OC(O)c2ccc(-c3ccc(OC(=O)C(=C)C)cc3)cc2)cc1. The summed E-state index contributed by atoms with van der Waals surface area (Å²) < 4.78 is 15.9. The molecule has 0 saturated carbocycles.